The zero-order valence-corrected chi connectivity index (χ0v) is 12.1. The van der Waals surface area contributed by atoms with E-state index < -0.39 is 0 Å². The minimum absolute atomic E-state index is 0.00153. The number of benzene rings is 3. The van der Waals surface area contributed by atoms with E-state index in [9.17, 15) is 0 Å². The van der Waals surface area contributed by atoms with Crippen LogP contribution in [-0.4, -0.2) is 0 Å². The zero-order valence-electron chi connectivity index (χ0n) is 12.1. The molecule has 0 aliphatic heterocycles. The second kappa shape index (κ2) is 5.98. The number of hydrogen-bond donors (Lipinski definition) is 1. The van der Waals surface area contributed by atoms with Gasteiger partial charge in [-0.25, -0.2) is 0 Å². The van der Waals surface area contributed by atoms with Crippen LogP contribution in [0.15, 0.2) is 66.7 Å². The van der Waals surface area contributed by atoms with Crippen molar-refractivity contribution in [3.8, 4) is 11.5 Å². The van der Waals surface area contributed by atoms with Crippen molar-refractivity contribution >= 4 is 10.8 Å². The highest BCUT2D eigenvalue weighted by molar-refractivity contribution is 5.83. The number of ether oxygens (including phenoxy) is 1. The molecule has 0 amide bonds. The predicted octanol–water partition coefficient (Wildman–Crippen LogP) is 5.04. The molecule has 2 N–H and O–H groups in total. The first-order valence-electron chi connectivity index (χ1n) is 7.29. The van der Waals surface area contributed by atoms with Crippen LogP contribution in [0.1, 0.15) is 24.9 Å². The molecule has 3 rings (SSSR count). The summed E-state index contributed by atoms with van der Waals surface area (Å²) >= 11 is 0. The Morgan fingerprint density at radius 1 is 0.905 bits per heavy atom. The maximum absolute atomic E-state index is 6.16. The van der Waals surface area contributed by atoms with E-state index in [1.165, 1.54) is 10.8 Å². The third-order valence-electron chi connectivity index (χ3n) is 3.71. The Hall–Kier alpha value is -2.32. The Bertz CT molecular complexity index is 751. The van der Waals surface area contributed by atoms with Crippen molar-refractivity contribution in [1.29, 1.82) is 0 Å². The van der Waals surface area contributed by atoms with E-state index >= 15 is 0 Å². The summed E-state index contributed by atoms with van der Waals surface area (Å²) < 4.78 is 6.06. The monoisotopic (exact) mass is 277 g/mol. The van der Waals surface area contributed by atoms with Gasteiger partial charge in [0.05, 0.1) is 0 Å². The van der Waals surface area contributed by atoms with Gasteiger partial charge in [0.25, 0.3) is 0 Å². The Kier molecular flexibility index (Phi) is 3.89. The molecular formula is C19H19NO. The van der Waals surface area contributed by atoms with Gasteiger partial charge in [-0.15, -0.1) is 0 Å². The molecule has 1 atom stereocenters. The SMILES string of the molecule is CC[C@H](N)c1ccccc1Oc1ccc2ccccc2c1. The van der Waals surface area contributed by atoms with Crippen molar-refractivity contribution in [3.63, 3.8) is 0 Å². The fourth-order valence-electron chi connectivity index (χ4n) is 2.46. The molecule has 21 heavy (non-hydrogen) atoms. The molecule has 0 fully saturated rings. The summed E-state index contributed by atoms with van der Waals surface area (Å²) in [6.45, 7) is 2.08. The average Bonchev–Trinajstić information content (AvgIpc) is 2.54. The summed E-state index contributed by atoms with van der Waals surface area (Å²) in [6.07, 6.45) is 0.887. The molecule has 0 radical (unpaired) electrons. The second-order valence-corrected chi connectivity index (χ2v) is 5.16. The average molecular weight is 277 g/mol. The summed E-state index contributed by atoms with van der Waals surface area (Å²) in [4.78, 5) is 0. The van der Waals surface area contributed by atoms with Crippen molar-refractivity contribution in [2.45, 2.75) is 19.4 Å². The highest BCUT2D eigenvalue weighted by atomic mass is 16.5. The van der Waals surface area contributed by atoms with Crippen molar-refractivity contribution in [2.75, 3.05) is 0 Å². The zero-order chi connectivity index (χ0) is 14.7. The molecule has 0 bridgehead atoms. The van der Waals surface area contributed by atoms with Crippen LogP contribution in [0.2, 0.25) is 0 Å². The Morgan fingerprint density at radius 2 is 1.62 bits per heavy atom. The van der Waals surface area contributed by atoms with Crippen molar-refractivity contribution in [2.24, 2.45) is 5.73 Å². The van der Waals surface area contributed by atoms with E-state index in [0.29, 0.717) is 0 Å². The van der Waals surface area contributed by atoms with E-state index in [1.54, 1.807) is 0 Å². The van der Waals surface area contributed by atoms with Gasteiger partial charge in [0.2, 0.25) is 0 Å². The molecule has 2 nitrogen and oxygen atoms in total. The molecule has 0 aliphatic carbocycles. The Balaban J connectivity index is 1.95. The first-order valence-corrected chi connectivity index (χ1v) is 7.29. The highest BCUT2D eigenvalue weighted by Crippen LogP contribution is 2.31. The second-order valence-electron chi connectivity index (χ2n) is 5.16. The largest absolute Gasteiger partial charge is 0.457 e. The number of hydrogen-bond acceptors (Lipinski definition) is 2. The van der Waals surface area contributed by atoms with Gasteiger partial charge in [0.1, 0.15) is 11.5 Å². The van der Waals surface area contributed by atoms with Crippen molar-refractivity contribution in [3.05, 3.63) is 72.3 Å². The maximum Gasteiger partial charge on any atom is 0.132 e. The van der Waals surface area contributed by atoms with Gasteiger partial charge in [-0.2, -0.15) is 0 Å². The minimum Gasteiger partial charge on any atom is -0.457 e. The van der Waals surface area contributed by atoms with Gasteiger partial charge < -0.3 is 10.5 Å². The molecule has 0 heterocycles. The molecule has 0 saturated carbocycles. The van der Waals surface area contributed by atoms with Crippen molar-refractivity contribution < 1.29 is 4.74 Å². The van der Waals surface area contributed by atoms with Gasteiger partial charge in [0.15, 0.2) is 0 Å². The summed E-state index contributed by atoms with van der Waals surface area (Å²) in [6, 6.07) is 22.4. The van der Waals surface area contributed by atoms with E-state index in [0.717, 1.165) is 23.5 Å². The van der Waals surface area contributed by atoms with Crippen LogP contribution in [0.3, 0.4) is 0 Å². The smallest absolute Gasteiger partial charge is 0.132 e. The number of fused-ring (bicyclic) bond motifs is 1. The fourth-order valence-corrected chi connectivity index (χ4v) is 2.46. The van der Waals surface area contributed by atoms with Crippen LogP contribution in [0.5, 0.6) is 11.5 Å². The summed E-state index contributed by atoms with van der Waals surface area (Å²) in [5.74, 6) is 1.67. The van der Waals surface area contributed by atoms with Crippen LogP contribution in [-0.2, 0) is 0 Å². The lowest BCUT2D eigenvalue weighted by Crippen LogP contribution is -2.09. The molecule has 3 aromatic rings. The minimum atomic E-state index is 0.00153. The maximum atomic E-state index is 6.16. The van der Waals surface area contributed by atoms with Crippen molar-refractivity contribution in [1.82, 2.24) is 0 Å². The molecule has 106 valence electrons. The van der Waals surface area contributed by atoms with Crippen LogP contribution < -0.4 is 10.5 Å². The third kappa shape index (κ3) is 2.91. The van der Waals surface area contributed by atoms with Crippen LogP contribution in [0, 0.1) is 0 Å². The van der Waals surface area contributed by atoms with Gasteiger partial charge in [-0.1, -0.05) is 55.5 Å². The van der Waals surface area contributed by atoms with Gasteiger partial charge in [-0.3, -0.25) is 0 Å². The van der Waals surface area contributed by atoms with Crippen LogP contribution in [0.25, 0.3) is 10.8 Å². The van der Waals surface area contributed by atoms with E-state index in [2.05, 4.69) is 31.2 Å². The molecule has 0 aromatic heterocycles. The molecule has 3 aromatic carbocycles. The first-order chi connectivity index (χ1) is 10.3. The third-order valence-corrected chi connectivity index (χ3v) is 3.71. The lowest BCUT2D eigenvalue weighted by atomic mass is 10.0. The molecule has 2 heteroatoms. The number of rotatable bonds is 4. The quantitative estimate of drug-likeness (QED) is 0.725. The molecule has 0 spiro atoms. The van der Waals surface area contributed by atoms with Gasteiger partial charge in [-0.05, 0) is 35.4 Å². The predicted molar refractivity (Wildman–Crippen MR) is 87.7 cm³/mol. The van der Waals surface area contributed by atoms with Crippen LogP contribution >= 0.6 is 0 Å². The molecule has 0 unspecified atom stereocenters. The fraction of sp³-hybridized carbons (Fsp3) is 0.158. The summed E-state index contributed by atoms with van der Waals surface area (Å²) in [5.41, 5.74) is 7.21. The van der Waals surface area contributed by atoms with E-state index in [-0.39, 0.29) is 6.04 Å². The molecular weight excluding hydrogens is 258 g/mol. The Morgan fingerprint density at radius 3 is 2.43 bits per heavy atom. The highest BCUT2D eigenvalue weighted by Gasteiger charge is 2.10. The normalized spacial score (nSPS) is 12.3. The molecule has 0 aliphatic rings. The lowest BCUT2D eigenvalue weighted by Gasteiger charge is -2.15. The summed E-state index contributed by atoms with van der Waals surface area (Å²) in [7, 11) is 0. The standard InChI is InChI=1S/C19H19NO/c1-2-18(20)17-9-5-6-10-19(17)21-16-12-11-14-7-3-4-8-15(14)13-16/h3-13,18H,2,20H2,1H3/t18-/m0/s1. The summed E-state index contributed by atoms with van der Waals surface area (Å²) in [5, 5.41) is 2.38. The van der Waals surface area contributed by atoms with E-state index in [1.807, 2.05) is 42.5 Å². The van der Waals surface area contributed by atoms with Gasteiger partial charge in [0, 0.05) is 11.6 Å². The van der Waals surface area contributed by atoms with E-state index in [4.69, 9.17) is 10.5 Å². The first kappa shape index (κ1) is 13.7. The van der Waals surface area contributed by atoms with Crippen LogP contribution in [0.4, 0.5) is 0 Å². The topological polar surface area (TPSA) is 35.2 Å². The number of para-hydroxylation sites is 1. The number of nitrogens with two attached hydrogens (primary N) is 1. The van der Waals surface area contributed by atoms with Gasteiger partial charge >= 0.3 is 0 Å². The molecule has 0 saturated heterocycles. The lowest BCUT2D eigenvalue weighted by molar-refractivity contribution is 0.469. The Labute approximate surface area is 125 Å².